The van der Waals surface area contributed by atoms with E-state index in [1.165, 1.54) is 18.2 Å². The summed E-state index contributed by atoms with van der Waals surface area (Å²) in [6.07, 6.45) is 2.91. The maximum Gasteiger partial charge on any atom is 0.260 e. The van der Waals surface area contributed by atoms with E-state index in [-0.39, 0.29) is 23.3 Å². The Bertz CT molecular complexity index is 473. The van der Waals surface area contributed by atoms with Crippen molar-refractivity contribution >= 4 is 5.91 Å². The third kappa shape index (κ3) is 2.63. The first-order valence-corrected chi connectivity index (χ1v) is 7.08. The number of hydrogen-bond donors (Lipinski definition) is 2. The Labute approximate surface area is 118 Å². The quantitative estimate of drug-likeness (QED) is 0.887. The van der Waals surface area contributed by atoms with Crippen LogP contribution in [0.15, 0.2) is 18.2 Å². The van der Waals surface area contributed by atoms with Crippen LogP contribution in [0.3, 0.4) is 0 Å². The average Bonchev–Trinajstić information content (AvgIpc) is 2.87. The minimum atomic E-state index is -0.684. The van der Waals surface area contributed by atoms with Gasteiger partial charge in [-0.2, -0.15) is 0 Å². The molecule has 1 aliphatic carbocycles. The van der Waals surface area contributed by atoms with E-state index in [4.69, 9.17) is 5.73 Å². The Morgan fingerprint density at radius 2 is 2.25 bits per heavy atom. The number of phenolic OH excluding ortho intramolecular Hbond substituents is 1. The summed E-state index contributed by atoms with van der Waals surface area (Å²) in [5.74, 6) is -1.19. The van der Waals surface area contributed by atoms with Crippen LogP contribution in [0.2, 0.25) is 0 Å². The molecule has 0 radical (unpaired) electrons. The molecule has 0 aliphatic heterocycles. The van der Waals surface area contributed by atoms with Gasteiger partial charge >= 0.3 is 0 Å². The number of nitrogens with two attached hydrogens (primary N) is 1. The second-order valence-corrected chi connectivity index (χ2v) is 5.22. The van der Waals surface area contributed by atoms with Gasteiger partial charge in [-0.25, -0.2) is 4.39 Å². The van der Waals surface area contributed by atoms with Crippen LogP contribution in [0.5, 0.6) is 5.75 Å². The van der Waals surface area contributed by atoms with E-state index in [0.717, 1.165) is 19.3 Å². The van der Waals surface area contributed by atoms with Crippen molar-refractivity contribution in [2.45, 2.75) is 32.2 Å². The number of phenols is 1. The number of nitrogens with zero attached hydrogens (tertiary/aromatic N) is 1. The Balaban J connectivity index is 2.30. The van der Waals surface area contributed by atoms with Gasteiger partial charge in [0.15, 0.2) is 0 Å². The summed E-state index contributed by atoms with van der Waals surface area (Å²) in [5.41, 5.74) is 5.52. The number of halogens is 1. The third-order valence-electron chi connectivity index (χ3n) is 4.13. The molecule has 0 bridgehead atoms. The van der Waals surface area contributed by atoms with E-state index in [0.29, 0.717) is 13.1 Å². The van der Waals surface area contributed by atoms with Crippen molar-refractivity contribution in [2.24, 2.45) is 11.7 Å². The molecule has 2 unspecified atom stereocenters. The van der Waals surface area contributed by atoms with Gasteiger partial charge in [-0.3, -0.25) is 4.79 Å². The lowest BCUT2D eigenvalue weighted by Gasteiger charge is -2.32. The number of amides is 1. The highest BCUT2D eigenvalue weighted by molar-refractivity contribution is 5.97. The van der Waals surface area contributed by atoms with Gasteiger partial charge in [0.05, 0.1) is 0 Å². The van der Waals surface area contributed by atoms with Gasteiger partial charge in [0, 0.05) is 12.6 Å². The van der Waals surface area contributed by atoms with Crippen LogP contribution in [0.4, 0.5) is 4.39 Å². The monoisotopic (exact) mass is 280 g/mol. The summed E-state index contributed by atoms with van der Waals surface area (Å²) in [6, 6.07) is 3.95. The number of carbonyl (C=O) groups excluding carboxylic acids is 1. The highest BCUT2D eigenvalue weighted by Gasteiger charge is 2.35. The van der Waals surface area contributed by atoms with Crippen molar-refractivity contribution in [3.63, 3.8) is 0 Å². The molecule has 1 amide bonds. The van der Waals surface area contributed by atoms with Crippen LogP contribution in [0, 0.1) is 11.7 Å². The van der Waals surface area contributed by atoms with Crippen LogP contribution < -0.4 is 5.73 Å². The maximum atomic E-state index is 13.8. The molecule has 0 aromatic heterocycles. The molecule has 2 atom stereocenters. The Hall–Kier alpha value is -1.62. The summed E-state index contributed by atoms with van der Waals surface area (Å²) in [6.45, 7) is 2.87. The fourth-order valence-corrected chi connectivity index (χ4v) is 3.10. The van der Waals surface area contributed by atoms with Crippen molar-refractivity contribution in [1.82, 2.24) is 4.90 Å². The molecule has 1 fully saturated rings. The normalized spacial score (nSPS) is 21.9. The van der Waals surface area contributed by atoms with E-state index >= 15 is 0 Å². The zero-order valence-corrected chi connectivity index (χ0v) is 11.7. The Morgan fingerprint density at radius 1 is 1.50 bits per heavy atom. The topological polar surface area (TPSA) is 66.6 Å². The molecular formula is C15H21FN2O2. The van der Waals surface area contributed by atoms with Crippen LogP contribution in [-0.2, 0) is 0 Å². The zero-order valence-electron chi connectivity index (χ0n) is 11.7. The number of hydrogen-bond acceptors (Lipinski definition) is 3. The smallest absolute Gasteiger partial charge is 0.260 e. The third-order valence-corrected chi connectivity index (χ3v) is 4.13. The molecule has 1 aromatic rings. The van der Waals surface area contributed by atoms with Gasteiger partial charge in [-0.15, -0.1) is 0 Å². The number of rotatable bonds is 4. The molecular weight excluding hydrogens is 259 g/mol. The van der Waals surface area contributed by atoms with E-state index in [9.17, 15) is 14.3 Å². The van der Waals surface area contributed by atoms with Crippen LogP contribution in [0.1, 0.15) is 36.5 Å². The minimum absolute atomic E-state index is 0.0384. The predicted molar refractivity (Wildman–Crippen MR) is 75.0 cm³/mol. The van der Waals surface area contributed by atoms with Gasteiger partial charge in [0.2, 0.25) is 0 Å². The molecule has 20 heavy (non-hydrogen) atoms. The van der Waals surface area contributed by atoms with Gasteiger partial charge in [0.25, 0.3) is 5.91 Å². The minimum Gasteiger partial charge on any atom is -0.507 e. The second-order valence-electron chi connectivity index (χ2n) is 5.22. The lowest BCUT2D eigenvalue weighted by molar-refractivity contribution is 0.0644. The van der Waals surface area contributed by atoms with Gasteiger partial charge in [-0.1, -0.05) is 12.5 Å². The fraction of sp³-hybridized carbons (Fsp3) is 0.533. The molecule has 0 spiro atoms. The van der Waals surface area contributed by atoms with Crippen molar-refractivity contribution in [2.75, 3.05) is 13.1 Å². The van der Waals surface area contributed by atoms with E-state index in [2.05, 4.69) is 0 Å². The summed E-state index contributed by atoms with van der Waals surface area (Å²) in [4.78, 5) is 14.2. The molecule has 0 heterocycles. The molecule has 5 heteroatoms. The van der Waals surface area contributed by atoms with Crippen LogP contribution in [0.25, 0.3) is 0 Å². The summed E-state index contributed by atoms with van der Waals surface area (Å²) >= 11 is 0. The van der Waals surface area contributed by atoms with Crippen molar-refractivity contribution < 1.29 is 14.3 Å². The Morgan fingerprint density at radius 3 is 2.85 bits per heavy atom. The van der Waals surface area contributed by atoms with Gasteiger partial charge in [-0.05, 0) is 44.4 Å². The molecule has 1 aromatic carbocycles. The van der Waals surface area contributed by atoms with E-state index in [1.54, 1.807) is 4.90 Å². The molecule has 110 valence electrons. The highest BCUT2D eigenvalue weighted by atomic mass is 19.1. The lowest BCUT2D eigenvalue weighted by Crippen LogP contribution is -2.44. The number of aromatic hydroxyl groups is 1. The number of benzene rings is 1. The zero-order chi connectivity index (χ0) is 14.7. The predicted octanol–water partition coefficient (Wildman–Crippen LogP) is 2.12. The Kier molecular flexibility index (Phi) is 4.60. The molecule has 3 N–H and O–H groups in total. The molecule has 0 saturated heterocycles. The highest BCUT2D eigenvalue weighted by Crippen LogP contribution is 2.31. The van der Waals surface area contributed by atoms with Crippen LogP contribution >= 0.6 is 0 Å². The second kappa shape index (κ2) is 6.22. The summed E-state index contributed by atoms with van der Waals surface area (Å²) < 4.78 is 13.8. The first kappa shape index (κ1) is 14.8. The van der Waals surface area contributed by atoms with Crippen molar-refractivity contribution in [3.8, 4) is 5.75 Å². The first-order valence-electron chi connectivity index (χ1n) is 7.08. The van der Waals surface area contributed by atoms with Gasteiger partial charge in [0.1, 0.15) is 17.1 Å². The maximum absolute atomic E-state index is 13.8. The van der Waals surface area contributed by atoms with Crippen molar-refractivity contribution in [1.29, 1.82) is 0 Å². The largest absolute Gasteiger partial charge is 0.507 e. The number of carbonyl (C=O) groups is 1. The average molecular weight is 280 g/mol. The molecule has 1 aliphatic rings. The van der Waals surface area contributed by atoms with E-state index in [1.807, 2.05) is 6.92 Å². The standard InChI is InChI=1S/C15H21FN2O2/c1-2-18(12-7-3-5-10(12)9-17)15(20)14-11(16)6-4-8-13(14)19/h4,6,8,10,12,19H,2-3,5,7,9,17H2,1H3. The first-order chi connectivity index (χ1) is 9.60. The van der Waals surface area contributed by atoms with Crippen LogP contribution in [-0.4, -0.2) is 35.0 Å². The summed E-state index contributed by atoms with van der Waals surface area (Å²) in [5, 5.41) is 9.76. The van der Waals surface area contributed by atoms with E-state index < -0.39 is 11.7 Å². The SMILES string of the molecule is CCN(C(=O)c1c(O)cccc1F)C1CCCC1CN. The fourth-order valence-electron chi connectivity index (χ4n) is 3.10. The lowest BCUT2D eigenvalue weighted by atomic mass is 10.0. The van der Waals surface area contributed by atoms with Crippen molar-refractivity contribution in [3.05, 3.63) is 29.6 Å². The summed E-state index contributed by atoms with van der Waals surface area (Å²) in [7, 11) is 0. The molecule has 2 rings (SSSR count). The molecule has 1 saturated carbocycles. The van der Waals surface area contributed by atoms with Gasteiger partial charge < -0.3 is 15.7 Å². The molecule has 4 nitrogen and oxygen atoms in total.